The van der Waals surface area contributed by atoms with Gasteiger partial charge in [0.2, 0.25) is 4.47 Å². The standard InChI is InChI=1S/C8H6ClN3OS/c9-8-11-10-6(14-8)5-12-4-2-1-3-7(12)13/h1-4H,5H2. The number of rotatable bonds is 2. The molecule has 0 unspecified atom stereocenters. The molecule has 2 aromatic heterocycles. The predicted octanol–water partition coefficient (Wildman–Crippen LogP) is 1.40. The first-order chi connectivity index (χ1) is 6.75. The summed E-state index contributed by atoms with van der Waals surface area (Å²) in [5, 5.41) is 8.22. The largest absolute Gasteiger partial charge is 0.309 e. The van der Waals surface area contributed by atoms with E-state index in [1.165, 1.54) is 17.4 Å². The van der Waals surface area contributed by atoms with Crippen molar-refractivity contribution in [3.05, 3.63) is 44.2 Å². The Bertz CT molecular complexity index is 493. The molecule has 14 heavy (non-hydrogen) atoms. The van der Waals surface area contributed by atoms with Gasteiger partial charge >= 0.3 is 0 Å². The molecule has 6 heteroatoms. The number of hydrogen-bond acceptors (Lipinski definition) is 4. The van der Waals surface area contributed by atoms with Crippen LogP contribution in [0.15, 0.2) is 29.2 Å². The van der Waals surface area contributed by atoms with Gasteiger partial charge in [0, 0.05) is 12.3 Å². The first kappa shape index (κ1) is 9.36. The summed E-state index contributed by atoms with van der Waals surface area (Å²) in [6.07, 6.45) is 1.71. The second kappa shape index (κ2) is 3.89. The summed E-state index contributed by atoms with van der Waals surface area (Å²) >= 11 is 6.90. The van der Waals surface area contributed by atoms with Crippen molar-refractivity contribution < 1.29 is 0 Å². The molecule has 0 spiro atoms. The topological polar surface area (TPSA) is 47.8 Å². The van der Waals surface area contributed by atoms with Crippen LogP contribution in [0.5, 0.6) is 0 Å². The van der Waals surface area contributed by atoms with E-state index < -0.39 is 0 Å². The maximum Gasteiger partial charge on any atom is 0.250 e. The second-order valence-electron chi connectivity index (χ2n) is 2.62. The van der Waals surface area contributed by atoms with Crippen LogP contribution in [0, 0.1) is 0 Å². The molecule has 2 rings (SSSR count). The van der Waals surface area contributed by atoms with Crippen molar-refractivity contribution in [3.8, 4) is 0 Å². The average molecular weight is 228 g/mol. The number of aromatic nitrogens is 3. The minimum absolute atomic E-state index is 0.0566. The Morgan fingerprint density at radius 3 is 2.93 bits per heavy atom. The van der Waals surface area contributed by atoms with Gasteiger partial charge in [0.1, 0.15) is 5.01 Å². The fourth-order valence-corrected chi connectivity index (χ4v) is 1.90. The first-order valence-electron chi connectivity index (χ1n) is 3.89. The highest BCUT2D eigenvalue weighted by Gasteiger charge is 2.02. The van der Waals surface area contributed by atoms with Crippen LogP contribution in [0.1, 0.15) is 5.01 Å². The van der Waals surface area contributed by atoms with Gasteiger partial charge in [0.05, 0.1) is 6.54 Å². The molecule has 0 fully saturated rings. The maximum absolute atomic E-state index is 11.3. The molecular weight excluding hydrogens is 222 g/mol. The molecule has 0 aromatic carbocycles. The van der Waals surface area contributed by atoms with Gasteiger partial charge in [-0.05, 0) is 17.7 Å². The zero-order valence-corrected chi connectivity index (χ0v) is 8.63. The van der Waals surface area contributed by atoms with Crippen molar-refractivity contribution in [3.63, 3.8) is 0 Å². The fourth-order valence-electron chi connectivity index (χ4n) is 1.03. The van der Waals surface area contributed by atoms with E-state index in [0.29, 0.717) is 11.0 Å². The molecule has 0 aliphatic carbocycles. The van der Waals surface area contributed by atoms with Gasteiger partial charge in [-0.2, -0.15) is 0 Å². The summed E-state index contributed by atoms with van der Waals surface area (Å²) in [6.45, 7) is 0.421. The molecular formula is C8H6ClN3OS. The number of halogens is 1. The van der Waals surface area contributed by atoms with Crippen molar-refractivity contribution >= 4 is 22.9 Å². The molecule has 0 saturated carbocycles. The van der Waals surface area contributed by atoms with E-state index in [2.05, 4.69) is 10.2 Å². The van der Waals surface area contributed by atoms with Crippen LogP contribution in [0.2, 0.25) is 4.47 Å². The van der Waals surface area contributed by atoms with Gasteiger partial charge in [0.25, 0.3) is 5.56 Å². The highest BCUT2D eigenvalue weighted by molar-refractivity contribution is 7.15. The third-order valence-electron chi connectivity index (χ3n) is 1.65. The van der Waals surface area contributed by atoms with E-state index in [0.717, 1.165) is 5.01 Å². The van der Waals surface area contributed by atoms with E-state index in [9.17, 15) is 4.79 Å². The molecule has 72 valence electrons. The molecule has 0 aliphatic heterocycles. The van der Waals surface area contributed by atoms with Gasteiger partial charge in [-0.15, -0.1) is 10.2 Å². The van der Waals surface area contributed by atoms with E-state index >= 15 is 0 Å². The maximum atomic E-state index is 11.3. The Morgan fingerprint density at radius 2 is 2.29 bits per heavy atom. The Hall–Kier alpha value is -1.20. The Kier molecular flexibility index (Phi) is 2.60. The van der Waals surface area contributed by atoms with Crippen LogP contribution in [0.4, 0.5) is 0 Å². The van der Waals surface area contributed by atoms with E-state index in [1.807, 2.05) is 0 Å². The van der Waals surface area contributed by atoms with Gasteiger partial charge in [0.15, 0.2) is 0 Å². The van der Waals surface area contributed by atoms with Crippen LogP contribution in [0.3, 0.4) is 0 Å². The fraction of sp³-hybridized carbons (Fsp3) is 0.125. The van der Waals surface area contributed by atoms with Crippen LogP contribution >= 0.6 is 22.9 Å². The highest BCUT2D eigenvalue weighted by atomic mass is 35.5. The molecule has 0 atom stereocenters. The van der Waals surface area contributed by atoms with E-state index in [1.54, 1.807) is 22.9 Å². The molecule has 2 heterocycles. The zero-order chi connectivity index (χ0) is 9.97. The number of hydrogen-bond donors (Lipinski definition) is 0. The molecule has 0 N–H and O–H groups in total. The Balaban J connectivity index is 2.27. The highest BCUT2D eigenvalue weighted by Crippen LogP contribution is 2.14. The number of nitrogens with zero attached hydrogens (tertiary/aromatic N) is 3. The summed E-state index contributed by atoms with van der Waals surface area (Å²) in [6, 6.07) is 5.00. The third kappa shape index (κ3) is 2.00. The SMILES string of the molecule is O=c1ccccn1Cc1nnc(Cl)s1. The zero-order valence-electron chi connectivity index (χ0n) is 7.05. The molecule has 0 bridgehead atoms. The summed E-state index contributed by atoms with van der Waals surface area (Å²) in [7, 11) is 0. The van der Waals surface area contributed by atoms with Gasteiger partial charge in [-0.25, -0.2) is 0 Å². The first-order valence-corrected chi connectivity index (χ1v) is 5.08. The minimum atomic E-state index is -0.0566. The summed E-state index contributed by atoms with van der Waals surface area (Å²) in [5.74, 6) is 0. The van der Waals surface area contributed by atoms with E-state index in [-0.39, 0.29) is 5.56 Å². The van der Waals surface area contributed by atoms with Crippen LogP contribution in [-0.2, 0) is 6.54 Å². The van der Waals surface area contributed by atoms with Gasteiger partial charge in [-0.1, -0.05) is 17.4 Å². The molecule has 2 aromatic rings. The van der Waals surface area contributed by atoms with Crippen LogP contribution in [-0.4, -0.2) is 14.8 Å². The summed E-state index contributed by atoms with van der Waals surface area (Å²) in [4.78, 5) is 11.3. The number of pyridine rings is 1. The monoisotopic (exact) mass is 227 g/mol. The Labute approximate surface area is 88.8 Å². The third-order valence-corrected chi connectivity index (χ3v) is 2.65. The lowest BCUT2D eigenvalue weighted by Gasteiger charge is -1.99. The van der Waals surface area contributed by atoms with Gasteiger partial charge < -0.3 is 4.57 Å². The lowest BCUT2D eigenvalue weighted by Crippen LogP contribution is -2.18. The smallest absolute Gasteiger partial charge is 0.250 e. The van der Waals surface area contributed by atoms with Crippen molar-refractivity contribution in [1.82, 2.24) is 14.8 Å². The average Bonchev–Trinajstić information content (AvgIpc) is 2.56. The normalized spacial score (nSPS) is 10.4. The van der Waals surface area contributed by atoms with Crippen molar-refractivity contribution in [2.75, 3.05) is 0 Å². The van der Waals surface area contributed by atoms with Crippen molar-refractivity contribution in [2.24, 2.45) is 0 Å². The summed E-state index contributed by atoms with van der Waals surface area (Å²) in [5.41, 5.74) is -0.0566. The predicted molar refractivity (Wildman–Crippen MR) is 54.7 cm³/mol. The van der Waals surface area contributed by atoms with Crippen molar-refractivity contribution in [1.29, 1.82) is 0 Å². The molecule has 0 saturated heterocycles. The molecule has 0 amide bonds. The quantitative estimate of drug-likeness (QED) is 0.779. The van der Waals surface area contributed by atoms with Crippen LogP contribution < -0.4 is 5.56 Å². The lowest BCUT2D eigenvalue weighted by molar-refractivity contribution is 0.744. The molecule has 0 radical (unpaired) electrons. The molecule has 0 aliphatic rings. The van der Waals surface area contributed by atoms with Crippen molar-refractivity contribution in [2.45, 2.75) is 6.54 Å². The Morgan fingerprint density at radius 1 is 1.43 bits per heavy atom. The summed E-state index contributed by atoms with van der Waals surface area (Å²) < 4.78 is 1.94. The van der Waals surface area contributed by atoms with E-state index in [4.69, 9.17) is 11.6 Å². The molecule has 4 nitrogen and oxygen atoms in total. The lowest BCUT2D eigenvalue weighted by atomic mass is 10.5. The minimum Gasteiger partial charge on any atom is -0.309 e. The second-order valence-corrected chi connectivity index (χ2v) is 4.26. The van der Waals surface area contributed by atoms with Crippen LogP contribution in [0.25, 0.3) is 0 Å². The van der Waals surface area contributed by atoms with Gasteiger partial charge in [-0.3, -0.25) is 4.79 Å².